The first-order chi connectivity index (χ1) is 16.6. The van der Waals surface area contributed by atoms with Crippen molar-refractivity contribution in [3.63, 3.8) is 0 Å². The minimum Gasteiger partial charge on any atom is -0.446 e. The number of furan rings is 1. The second-order valence-corrected chi connectivity index (χ2v) is 11.4. The zero-order valence-electron chi connectivity index (χ0n) is 22.0. The first-order valence-electron chi connectivity index (χ1n) is 12.6. The molecule has 2 heteroatoms. The van der Waals surface area contributed by atoms with E-state index in [0.717, 1.165) is 23.1 Å². The number of benzene rings is 3. The van der Waals surface area contributed by atoms with Gasteiger partial charge in [0.2, 0.25) is 5.71 Å². The average molecular weight is 462 g/mol. The molecule has 0 fully saturated rings. The molecule has 0 radical (unpaired) electrons. The zero-order chi connectivity index (χ0) is 24.9. The van der Waals surface area contributed by atoms with Gasteiger partial charge in [0, 0.05) is 10.9 Å². The van der Waals surface area contributed by atoms with Gasteiger partial charge in [-0.2, -0.15) is 0 Å². The van der Waals surface area contributed by atoms with Gasteiger partial charge in [-0.05, 0) is 100 Å². The van der Waals surface area contributed by atoms with Gasteiger partial charge in [-0.3, -0.25) is 0 Å². The SMILES string of the molecule is Cc1cc(CC(C)C)cc(C)c1-c1cc(-c2cc(C(C)(C)C)c3ccccc3c2)nc2occc12. The molecule has 0 saturated carbocycles. The molecule has 0 aliphatic rings. The van der Waals surface area contributed by atoms with Gasteiger partial charge in [-0.1, -0.05) is 71.0 Å². The molecular formula is C33H35NO. The van der Waals surface area contributed by atoms with Gasteiger partial charge in [0.1, 0.15) is 0 Å². The summed E-state index contributed by atoms with van der Waals surface area (Å²) in [5.74, 6) is 0.637. The van der Waals surface area contributed by atoms with Crippen molar-refractivity contribution in [1.29, 1.82) is 0 Å². The molecule has 35 heavy (non-hydrogen) atoms. The smallest absolute Gasteiger partial charge is 0.227 e. The van der Waals surface area contributed by atoms with Gasteiger partial charge in [-0.25, -0.2) is 4.98 Å². The van der Waals surface area contributed by atoms with E-state index < -0.39 is 0 Å². The maximum absolute atomic E-state index is 5.87. The van der Waals surface area contributed by atoms with Crippen LogP contribution in [0.3, 0.4) is 0 Å². The number of rotatable bonds is 4. The molecule has 0 spiro atoms. The van der Waals surface area contributed by atoms with Crippen LogP contribution in [0.4, 0.5) is 0 Å². The summed E-state index contributed by atoms with van der Waals surface area (Å²) >= 11 is 0. The van der Waals surface area contributed by atoms with E-state index in [1.54, 1.807) is 6.26 Å². The van der Waals surface area contributed by atoms with Crippen LogP contribution in [0.15, 0.2) is 71.3 Å². The average Bonchev–Trinajstić information content (AvgIpc) is 3.25. The minimum atomic E-state index is 0.0205. The first kappa shape index (κ1) is 23.4. The second-order valence-electron chi connectivity index (χ2n) is 11.4. The van der Waals surface area contributed by atoms with Crippen LogP contribution in [-0.4, -0.2) is 4.98 Å². The predicted octanol–water partition coefficient (Wildman–Crippen LogP) is 9.43. The highest BCUT2D eigenvalue weighted by atomic mass is 16.3. The normalized spacial score (nSPS) is 12.2. The molecule has 2 heterocycles. The highest BCUT2D eigenvalue weighted by molar-refractivity contribution is 5.97. The number of hydrogen-bond acceptors (Lipinski definition) is 2. The van der Waals surface area contributed by atoms with Crippen LogP contribution >= 0.6 is 0 Å². The standard InChI is InChI=1S/C33H35NO/c1-20(2)14-23-15-21(3)31(22(4)16-23)28-19-30(34-32-27(28)12-13-35-32)25-17-24-10-8-9-11-26(24)29(18-25)33(5,6)7/h8-13,15-20H,14H2,1-7H3. The highest BCUT2D eigenvalue weighted by Crippen LogP contribution is 2.39. The lowest BCUT2D eigenvalue weighted by atomic mass is 9.82. The maximum atomic E-state index is 5.87. The molecule has 0 bridgehead atoms. The summed E-state index contributed by atoms with van der Waals surface area (Å²) in [6.07, 6.45) is 2.85. The topological polar surface area (TPSA) is 26.0 Å². The van der Waals surface area contributed by atoms with Crippen LogP contribution in [0.1, 0.15) is 56.9 Å². The third kappa shape index (κ3) is 4.38. The Balaban J connectivity index is 1.75. The van der Waals surface area contributed by atoms with E-state index in [1.807, 2.05) is 6.07 Å². The van der Waals surface area contributed by atoms with E-state index in [-0.39, 0.29) is 5.41 Å². The fourth-order valence-electron chi connectivity index (χ4n) is 5.45. The molecule has 178 valence electrons. The minimum absolute atomic E-state index is 0.0205. The lowest BCUT2D eigenvalue weighted by molar-refractivity contribution is 0.596. The molecular weight excluding hydrogens is 426 g/mol. The van der Waals surface area contributed by atoms with Crippen molar-refractivity contribution in [3.8, 4) is 22.4 Å². The third-order valence-corrected chi connectivity index (χ3v) is 6.91. The second kappa shape index (κ2) is 8.68. The summed E-state index contributed by atoms with van der Waals surface area (Å²) in [7, 11) is 0. The van der Waals surface area contributed by atoms with E-state index in [0.29, 0.717) is 11.6 Å². The summed E-state index contributed by atoms with van der Waals surface area (Å²) in [6.45, 7) is 15.8. The van der Waals surface area contributed by atoms with Gasteiger partial charge in [0.05, 0.1) is 12.0 Å². The van der Waals surface area contributed by atoms with Gasteiger partial charge >= 0.3 is 0 Å². The lowest BCUT2D eigenvalue weighted by Crippen LogP contribution is -2.12. The van der Waals surface area contributed by atoms with Crippen LogP contribution in [-0.2, 0) is 11.8 Å². The van der Waals surface area contributed by atoms with Crippen molar-refractivity contribution in [2.75, 3.05) is 0 Å². The number of hydrogen-bond donors (Lipinski definition) is 0. The summed E-state index contributed by atoms with van der Waals surface area (Å²) in [6, 6.07) is 22.2. The van der Waals surface area contributed by atoms with Crippen LogP contribution in [0, 0.1) is 19.8 Å². The predicted molar refractivity (Wildman–Crippen MR) is 149 cm³/mol. The van der Waals surface area contributed by atoms with Crippen molar-refractivity contribution >= 4 is 21.9 Å². The molecule has 5 rings (SSSR count). The van der Waals surface area contributed by atoms with E-state index in [2.05, 4.69) is 103 Å². The van der Waals surface area contributed by atoms with E-state index in [4.69, 9.17) is 9.40 Å². The lowest BCUT2D eigenvalue weighted by Gasteiger charge is -2.23. The Bertz CT molecular complexity index is 1520. The van der Waals surface area contributed by atoms with E-state index in [9.17, 15) is 0 Å². The van der Waals surface area contributed by atoms with Gasteiger partial charge in [0.15, 0.2) is 0 Å². The first-order valence-corrected chi connectivity index (χ1v) is 12.6. The zero-order valence-corrected chi connectivity index (χ0v) is 22.0. The molecule has 5 aromatic rings. The Hall–Kier alpha value is -3.39. The number of fused-ring (bicyclic) bond motifs is 2. The van der Waals surface area contributed by atoms with Crippen molar-refractivity contribution in [2.24, 2.45) is 5.92 Å². The number of nitrogens with zero attached hydrogens (tertiary/aromatic N) is 1. The van der Waals surface area contributed by atoms with Crippen LogP contribution in [0.5, 0.6) is 0 Å². The molecule has 0 N–H and O–H groups in total. The quantitative estimate of drug-likeness (QED) is 0.266. The number of pyridine rings is 1. The molecule has 2 aromatic heterocycles. The van der Waals surface area contributed by atoms with Gasteiger partial charge in [-0.15, -0.1) is 0 Å². The van der Waals surface area contributed by atoms with Crippen LogP contribution in [0.25, 0.3) is 44.3 Å². The molecule has 0 amide bonds. The van der Waals surface area contributed by atoms with Crippen LogP contribution in [0.2, 0.25) is 0 Å². The highest BCUT2D eigenvalue weighted by Gasteiger charge is 2.20. The van der Waals surface area contributed by atoms with Crippen molar-refractivity contribution < 1.29 is 4.42 Å². The van der Waals surface area contributed by atoms with Crippen molar-refractivity contribution in [2.45, 2.75) is 60.3 Å². The van der Waals surface area contributed by atoms with Crippen LogP contribution < -0.4 is 0 Å². The Labute approximate surface area is 209 Å². The molecule has 0 saturated heterocycles. The largest absolute Gasteiger partial charge is 0.446 e. The number of aromatic nitrogens is 1. The maximum Gasteiger partial charge on any atom is 0.227 e. The summed E-state index contributed by atoms with van der Waals surface area (Å²) in [4.78, 5) is 4.97. The molecule has 0 unspecified atom stereocenters. The Morgan fingerprint density at radius 1 is 0.857 bits per heavy atom. The van der Waals surface area contributed by atoms with E-state index >= 15 is 0 Å². The van der Waals surface area contributed by atoms with Crippen molar-refractivity contribution in [3.05, 3.63) is 89.2 Å². The summed E-state index contributed by atoms with van der Waals surface area (Å²) in [5, 5.41) is 3.60. The molecule has 0 aliphatic carbocycles. The van der Waals surface area contributed by atoms with Gasteiger partial charge < -0.3 is 4.42 Å². The van der Waals surface area contributed by atoms with Crippen molar-refractivity contribution in [1.82, 2.24) is 4.98 Å². The molecule has 0 atom stereocenters. The summed E-state index contributed by atoms with van der Waals surface area (Å²) < 4.78 is 5.87. The molecule has 3 aromatic carbocycles. The molecule has 2 nitrogen and oxygen atoms in total. The Morgan fingerprint density at radius 3 is 2.26 bits per heavy atom. The Morgan fingerprint density at radius 2 is 1.57 bits per heavy atom. The fourth-order valence-corrected chi connectivity index (χ4v) is 5.45. The fraction of sp³-hybridized carbons (Fsp3) is 0.303. The number of aryl methyl sites for hydroxylation is 2. The Kier molecular flexibility index (Phi) is 5.79. The molecule has 0 aliphatic heterocycles. The monoisotopic (exact) mass is 461 g/mol. The van der Waals surface area contributed by atoms with Gasteiger partial charge in [0.25, 0.3) is 0 Å². The van der Waals surface area contributed by atoms with E-state index in [1.165, 1.54) is 44.2 Å². The summed E-state index contributed by atoms with van der Waals surface area (Å²) in [5.41, 5.74) is 10.6. The third-order valence-electron chi connectivity index (χ3n) is 6.91.